The number of likely N-dealkylation sites (N-methyl/N-ethyl adjacent to an activating group) is 1. The SMILES string of the molecule is CC/C=C\C/C=C\C/C=C\C/C=C\C/C=C\CCCCCCCCCC(=O)OC(COC(=O)CCCC/C=C\C/C=C\C/C=C\C/C=C\CC)COP(=O)(O)OCC[N+](C)(C)C. The first kappa shape index (κ1) is 58.7. The Balaban J connectivity index is 4.40. The van der Waals surface area contributed by atoms with E-state index in [0.717, 1.165) is 96.3 Å². The van der Waals surface area contributed by atoms with Crippen molar-refractivity contribution in [2.24, 2.45) is 0 Å². The molecule has 62 heavy (non-hydrogen) atoms. The lowest BCUT2D eigenvalue weighted by Gasteiger charge is -2.24. The summed E-state index contributed by atoms with van der Waals surface area (Å²) in [7, 11) is 1.42. The van der Waals surface area contributed by atoms with Crippen LogP contribution in [0, 0.1) is 0 Å². The Bertz CT molecular complexity index is 1420. The molecule has 2 atom stereocenters. The lowest BCUT2D eigenvalue weighted by atomic mass is 10.1. The number of ether oxygens (including phenoxy) is 2. The van der Waals surface area contributed by atoms with Gasteiger partial charge in [0.25, 0.3) is 0 Å². The van der Waals surface area contributed by atoms with Crippen molar-refractivity contribution in [3.05, 3.63) is 109 Å². The van der Waals surface area contributed by atoms with Crippen molar-refractivity contribution in [2.45, 2.75) is 161 Å². The highest BCUT2D eigenvalue weighted by Crippen LogP contribution is 2.43. The van der Waals surface area contributed by atoms with Crippen molar-refractivity contribution in [3.8, 4) is 0 Å². The normalized spacial score (nSPS) is 14.5. The molecule has 0 aromatic carbocycles. The number of phosphoric ester groups is 1. The fraction of sp³-hybridized carbons (Fsp3) is 0.615. The zero-order chi connectivity index (χ0) is 45.7. The molecule has 0 bridgehead atoms. The molecule has 0 spiro atoms. The summed E-state index contributed by atoms with van der Waals surface area (Å²) >= 11 is 0. The molecular weight excluding hydrogens is 798 g/mol. The van der Waals surface area contributed by atoms with Crippen LogP contribution >= 0.6 is 7.82 Å². The molecule has 0 aliphatic heterocycles. The minimum Gasteiger partial charge on any atom is -0.462 e. The second-order valence-electron chi connectivity index (χ2n) is 16.4. The first-order valence-corrected chi connectivity index (χ1v) is 25.1. The van der Waals surface area contributed by atoms with E-state index in [-0.39, 0.29) is 26.1 Å². The first-order chi connectivity index (χ1) is 30.0. The summed E-state index contributed by atoms with van der Waals surface area (Å²) in [5.74, 6) is -0.871. The number of quaternary nitrogens is 1. The summed E-state index contributed by atoms with van der Waals surface area (Å²) in [6, 6.07) is 0. The van der Waals surface area contributed by atoms with Gasteiger partial charge in [0.05, 0.1) is 27.7 Å². The van der Waals surface area contributed by atoms with Crippen LogP contribution in [0.1, 0.15) is 155 Å². The third-order valence-electron chi connectivity index (χ3n) is 9.30. The molecule has 9 nitrogen and oxygen atoms in total. The summed E-state index contributed by atoms with van der Waals surface area (Å²) < 4.78 is 34.3. The molecule has 10 heteroatoms. The number of rotatable bonds is 41. The number of phosphoric acid groups is 1. The van der Waals surface area contributed by atoms with Crippen LogP contribution in [-0.4, -0.2) is 74.9 Å². The van der Waals surface area contributed by atoms with Crippen molar-refractivity contribution >= 4 is 19.8 Å². The highest BCUT2D eigenvalue weighted by atomic mass is 31.2. The molecule has 0 rings (SSSR count). The molecule has 0 aliphatic rings. The number of allylic oxidation sites excluding steroid dienone is 18. The number of hydrogen-bond acceptors (Lipinski definition) is 7. The van der Waals surface area contributed by atoms with Gasteiger partial charge in [-0.3, -0.25) is 18.6 Å². The summed E-state index contributed by atoms with van der Waals surface area (Å²) in [5.41, 5.74) is 0. The minimum absolute atomic E-state index is 0.0158. The summed E-state index contributed by atoms with van der Waals surface area (Å²) in [5, 5.41) is 0. The average Bonchev–Trinajstić information content (AvgIpc) is 3.23. The summed E-state index contributed by atoms with van der Waals surface area (Å²) in [4.78, 5) is 35.4. The predicted octanol–water partition coefficient (Wildman–Crippen LogP) is 13.9. The van der Waals surface area contributed by atoms with Crippen LogP contribution in [0.2, 0.25) is 0 Å². The highest BCUT2D eigenvalue weighted by molar-refractivity contribution is 7.47. The van der Waals surface area contributed by atoms with E-state index in [0.29, 0.717) is 23.9 Å². The Morgan fingerprint density at radius 3 is 1.32 bits per heavy atom. The van der Waals surface area contributed by atoms with E-state index in [1.807, 2.05) is 21.1 Å². The first-order valence-electron chi connectivity index (χ1n) is 23.6. The number of carbonyl (C=O) groups excluding carboxylic acids is 2. The minimum atomic E-state index is -4.40. The van der Waals surface area contributed by atoms with E-state index in [9.17, 15) is 19.0 Å². The van der Waals surface area contributed by atoms with Gasteiger partial charge in [0.1, 0.15) is 19.8 Å². The molecular formula is C52H87NO8P+. The van der Waals surface area contributed by atoms with Crippen LogP contribution in [0.25, 0.3) is 0 Å². The van der Waals surface area contributed by atoms with Gasteiger partial charge >= 0.3 is 19.8 Å². The van der Waals surface area contributed by atoms with E-state index in [4.69, 9.17) is 18.5 Å². The van der Waals surface area contributed by atoms with Crippen molar-refractivity contribution < 1.29 is 42.1 Å². The molecule has 0 amide bonds. The van der Waals surface area contributed by atoms with Gasteiger partial charge in [0.2, 0.25) is 0 Å². The molecule has 0 radical (unpaired) electrons. The van der Waals surface area contributed by atoms with Crippen LogP contribution in [0.5, 0.6) is 0 Å². The number of hydrogen-bond donors (Lipinski definition) is 1. The smallest absolute Gasteiger partial charge is 0.462 e. The molecule has 0 saturated carbocycles. The van der Waals surface area contributed by atoms with E-state index in [1.54, 1.807) is 0 Å². The van der Waals surface area contributed by atoms with Gasteiger partial charge in [-0.15, -0.1) is 0 Å². The Morgan fingerprint density at radius 2 is 0.871 bits per heavy atom. The highest BCUT2D eigenvalue weighted by Gasteiger charge is 2.27. The van der Waals surface area contributed by atoms with Gasteiger partial charge in [-0.05, 0) is 96.3 Å². The topological polar surface area (TPSA) is 108 Å². The molecule has 352 valence electrons. The van der Waals surface area contributed by atoms with Gasteiger partial charge in [0.15, 0.2) is 6.10 Å². The van der Waals surface area contributed by atoms with Crippen LogP contribution in [0.3, 0.4) is 0 Å². The Kier molecular flexibility index (Phi) is 40.6. The van der Waals surface area contributed by atoms with E-state index in [1.165, 1.54) is 19.3 Å². The Labute approximate surface area is 378 Å². The average molecular weight is 885 g/mol. The zero-order valence-electron chi connectivity index (χ0n) is 39.6. The molecule has 0 saturated heterocycles. The maximum absolute atomic E-state index is 12.7. The molecule has 0 aromatic rings. The number of carbonyl (C=O) groups is 2. The molecule has 0 fully saturated rings. The zero-order valence-corrected chi connectivity index (χ0v) is 40.4. The lowest BCUT2D eigenvalue weighted by molar-refractivity contribution is -0.870. The molecule has 1 N–H and O–H groups in total. The number of nitrogens with zero attached hydrogens (tertiary/aromatic N) is 1. The summed E-state index contributed by atoms with van der Waals surface area (Å²) in [6.07, 6.45) is 58.6. The van der Waals surface area contributed by atoms with Crippen molar-refractivity contribution in [1.29, 1.82) is 0 Å². The van der Waals surface area contributed by atoms with Crippen LogP contribution < -0.4 is 0 Å². The number of esters is 2. The third-order valence-corrected chi connectivity index (χ3v) is 10.3. The van der Waals surface area contributed by atoms with Gasteiger partial charge in [-0.25, -0.2) is 4.57 Å². The summed E-state index contributed by atoms with van der Waals surface area (Å²) in [6.45, 7) is 4.11. The fourth-order valence-electron chi connectivity index (χ4n) is 5.68. The van der Waals surface area contributed by atoms with Crippen molar-refractivity contribution in [2.75, 3.05) is 47.5 Å². The van der Waals surface area contributed by atoms with Gasteiger partial charge < -0.3 is 18.9 Å². The van der Waals surface area contributed by atoms with Gasteiger partial charge in [-0.1, -0.05) is 155 Å². The largest absolute Gasteiger partial charge is 0.472 e. The fourth-order valence-corrected chi connectivity index (χ4v) is 6.42. The number of unbranched alkanes of at least 4 members (excludes halogenated alkanes) is 9. The monoisotopic (exact) mass is 885 g/mol. The van der Waals surface area contributed by atoms with Crippen LogP contribution in [0.15, 0.2) is 109 Å². The molecule has 0 aliphatic carbocycles. The standard InChI is InChI=1S/C52H86NO8P/c1-6-8-10-12-14-16-18-20-22-23-24-25-26-27-28-29-31-33-35-37-39-41-43-45-52(55)61-50(49-60-62(56,57)59-47-46-53(3,4)5)48-58-51(54)44-42-40-38-36-34-32-30-21-19-17-15-13-11-9-7-2/h8-11,14-17,20-22,24-25,27-28,30,34,36,50H,6-7,12-13,18-19,23,26,29,31-33,35,37-49H2,1-5H3/p+1/b10-8-,11-9-,16-14-,17-15-,22-20-,25-24-,28-27-,30-21-,36-34-. The molecule has 2 unspecified atom stereocenters. The van der Waals surface area contributed by atoms with Crippen LogP contribution in [0.4, 0.5) is 0 Å². The maximum Gasteiger partial charge on any atom is 0.472 e. The maximum atomic E-state index is 12.7. The second kappa shape index (κ2) is 42.9. The van der Waals surface area contributed by atoms with Crippen molar-refractivity contribution in [3.63, 3.8) is 0 Å². The Morgan fingerprint density at radius 1 is 0.500 bits per heavy atom. The second-order valence-corrected chi connectivity index (χ2v) is 17.8. The quantitative estimate of drug-likeness (QED) is 0.0213. The molecule has 0 aromatic heterocycles. The van der Waals surface area contributed by atoms with E-state index >= 15 is 0 Å². The Hall–Kier alpha value is -3.33. The van der Waals surface area contributed by atoms with Crippen LogP contribution in [-0.2, 0) is 32.7 Å². The molecule has 0 heterocycles. The van der Waals surface area contributed by atoms with Gasteiger partial charge in [0, 0.05) is 12.8 Å². The van der Waals surface area contributed by atoms with E-state index < -0.39 is 32.5 Å². The lowest BCUT2D eigenvalue weighted by Crippen LogP contribution is -2.37. The van der Waals surface area contributed by atoms with E-state index in [2.05, 4.69) is 123 Å². The third kappa shape index (κ3) is 46.2. The van der Waals surface area contributed by atoms with Gasteiger partial charge in [-0.2, -0.15) is 0 Å². The van der Waals surface area contributed by atoms with Crippen molar-refractivity contribution in [1.82, 2.24) is 0 Å². The predicted molar refractivity (Wildman–Crippen MR) is 261 cm³/mol.